The van der Waals surface area contributed by atoms with Crippen molar-refractivity contribution in [3.63, 3.8) is 0 Å². The maximum atomic E-state index is 12.8. The highest BCUT2D eigenvalue weighted by molar-refractivity contribution is 5.98. The van der Waals surface area contributed by atoms with Gasteiger partial charge >= 0.3 is 0 Å². The van der Waals surface area contributed by atoms with Gasteiger partial charge < -0.3 is 9.64 Å². The molecular weight excluding hydrogens is 412 g/mol. The molecule has 1 aliphatic heterocycles. The summed E-state index contributed by atoms with van der Waals surface area (Å²) in [6, 6.07) is 7.21. The number of carbonyl (C=O) groups is 3. The second-order valence-electron chi connectivity index (χ2n) is 7.51. The molecule has 1 N–H and O–H groups in total. The van der Waals surface area contributed by atoms with Crippen LogP contribution in [0.1, 0.15) is 35.7 Å². The number of rotatable bonds is 8. The molecule has 3 amide bonds. The van der Waals surface area contributed by atoms with Crippen LogP contribution in [0.3, 0.4) is 0 Å². The minimum Gasteiger partial charge on any atom is -0.495 e. The Morgan fingerprint density at radius 2 is 2.16 bits per heavy atom. The van der Waals surface area contributed by atoms with Gasteiger partial charge in [0.15, 0.2) is 0 Å². The van der Waals surface area contributed by atoms with Crippen molar-refractivity contribution in [1.29, 1.82) is 0 Å². The van der Waals surface area contributed by atoms with E-state index in [0.29, 0.717) is 36.4 Å². The summed E-state index contributed by atoms with van der Waals surface area (Å²) in [7, 11) is 1.58. The van der Waals surface area contributed by atoms with E-state index >= 15 is 0 Å². The van der Waals surface area contributed by atoms with E-state index in [0.717, 1.165) is 16.8 Å². The van der Waals surface area contributed by atoms with Crippen molar-refractivity contribution in [3.05, 3.63) is 54.0 Å². The normalized spacial score (nSPS) is 13.6. The Bertz CT molecular complexity index is 1170. The van der Waals surface area contributed by atoms with Crippen LogP contribution in [0.5, 0.6) is 5.75 Å². The third kappa shape index (κ3) is 4.20. The lowest BCUT2D eigenvalue weighted by Gasteiger charge is -2.23. The van der Waals surface area contributed by atoms with E-state index in [1.807, 2.05) is 25.1 Å². The first kappa shape index (κ1) is 21.2. The Morgan fingerprint density at radius 1 is 1.31 bits per heavy atom. The van der Waals surface area contributed by atoms with Crippen molar-refractivity contribution >= 4 is 18.2 Å². The van der Waals surface area contributed by atoms with Crippen LogP contribution in [0.2, 0.25) is 0 Å². The van der Waals surface area contributed by atoms with Crippen LogP contribution in [0, 0.1) is 0 Å². The molecule has 1 aromatic carbocycles. The Hall–Kier alpha value is -4.08. The molecule has 0 saturated carbocycles. The van der Waals surface area contributed by atoms with E-state index in [1.165, 1.54) is 0 Å². The number of carbonyl (C=O) groups excluding carboxylic acids is 3. The number of nitrogens with zero attached hydrogens (tertiary/aromatic N) is 5. The highest BCUT2D eigenvalue weighted by Gasteiger charge is 2.31. The monoisotopic (exact) mass is 434 g/mol. The summed E-state index contributed by atoms with van der Waals surface area (Å²) < 4.78 is 6.86. The molecule has 2 aromatic heterocycles. The number of pyridine rings is 1. The van der Waals surface area contributed by atoms with Gasteiger partial charge in [0.1, 0.15) is 11.4 Å². The number of ether oxygens (including phenoxy) is 1. The number of amides is 3. The Morgan fingerprint density at radius 3 is 2.94 bits per heavy atom. The van der Waals surface area contributed by atoms with Crippen molar-refractivity contribution in [3.8, 4) is 22.7 Å². The second kappa shape index (κ2) is 8.96. The van der Waals surface area contributed by atoms with Crippen molar-refractivity contribution < 1.29 is 19.1 Å². The summed E-state index contributed by atoms with van der Waals surface area (Å²) in [5.41, 5.74) is 3.74. The lowest BCUT2D eigenvalue weighted by molar-refractivity contribution is -0.125. The zero-order valence-corrected chi connectivity index (χ0v) is 17.7. The molecule has 4 rings (SSSR count). The Balaban J connectivity index is 1.50. The van der Waals surface area contributed by atoms with E-state index in [9.17, 15) is 14.4 Å². The van der Waals surface area contributed by atoms with E-state index in [4.69, 9.17) is 4.74 Å². The molecule has 1 aliphatic rings. The first-order chi connectivity index (χ1) is 15.5. The largest absolute Gasteiger partial charge is 0.495 e. The van der Waals surface area contributed by atoms with Gasteiger partial charge in [-0.2, -0.15) is 0 Å². The molecule has 1 atom stereocenters. The molecule has 3 heterocycles. The molecule has 32 heavy (non-hydrogen) atoms. The van der Waals surface area contributed by atoms with Crippen LogP contribution >= 0.6 is 0 Å². The van der Waals surface area contributed by atoms with Gasteiger partial charge in [-0.1, -0.05) is 5.21 Å². The molecule has 164 valence electrons. The molecule has 0 aliphatic carbocycles. The Labute approximate surface area is 184 Å². The molecular formula is C22H22N6O4. The van der Waals surface area contributed by atoms with E-state index in [-0.39, 0.29) is 24.3 Å². The van der Waals surface area contributed by atoms with E-state index in [1.54, 1.807) is 41.3 Å². The molecule has 1 unspecified atom stereocenters. The Kier molecular flexibility index (Phi) is 5.93. The maximum absolute atomic E-state index is 12.8. The van der Waals surface area contributed by atoms with Gasteiger partial charge in [0.2, 0.25) is 12.3 Å². The molecule has 0 radical (unpaired) electrons. The average Bonchev–Trinajstić information content (AvgIpc) is 3.43. The SMILES string of the molecule is COc1cncc(-c2cn(-c3ccc4c(c3)CN(C(C)CCC(=O)NC=O)C4=O)nn2)c1. The van der Waals surface area contributed by atoms with Crippen molar-refractivity contribution in [2.24, 2.45) is 0 Å². The number of fused-ring (bicyclic) bond motifs is 1. The fraction of sp³-hybridized carbons (Fsp3) is 0.273. The van der Waals surface area contributed by atoms with E-state index < -0.39 is 0 Å². The summed E-state index contributed by atoms with van der Waals surface area (Å²) >= 11 is 0. The highest BCUT2D eigenvalue weighted by Crippen LogP contribution is 2.28. The van der Waals surface area contributed by atoms with Crippen molar-refractivity contribution in [2.45, 2.75) is 32.4 Å². The fourth-order valence-corrected chi connectivity index (χ4v) is 3.65. The summed E-state index contributed by atoms with van der Waals surface area (Å²) in [4.78, 5) is 40.6. The van der Waals surface area contributed by atoms with Crippen LogP contribution in [0.15, 0.2) is 42.9 Å². The molecule has 3 aromatic rings. The smallest absolute Gasteiger partial charge is 0.254 e. The molecule has 0 fully saturated rings. The number of aromatic nitrogens is 4. The zero-order valence-electron chi connectivity index (χ0n) is 17.7. The summed E-state index contributed by atoms with van der Waals surface area (Å²) in [6.45, 7) is 2.34. The lowest BCUT2D eigenvalue weighted by Crippen LogP contribution is -2.34. The molecule has 0 bridgehead atoms. The standard InChI is InChI=1S/C22H22N6O4/c1-14(3-6-21(30)24-13-29)27-11-16-7-17(4-5-19(16)22(27)31)28-12-20(25-26-28)15-8-18(32-2)10-23-9-15/h4-5,7-10,12-14H,3,6,11H2,1-2H3,(H,24,29,30). The predicted octanol–water partition coefficient (Wildman–Crippen LogP) is 1.73. The maximum Gasteiger partial charge on any atom is 0.254 e. The average molecular weight is 434 g/mol. The van der Waals surface area contributed by atoms with Crippen LogP contribution in [0.4, 0.5) is 0 Å². The first-order valence-electron chi connectivity index (χ1n) is 10.1. The lowest BCUT2D eigenvalue weighted by atomic mass is 10.1. The minimum absolute atomic E-state index is 0.0726. The van der Waals surface area contributed by atoms with Gasteiger partial charge in [-0.05, 0) is 43.2 Å². The third-order valence-electron chi connectivity index (χ3n) is 5.46. The van der Waals surface area contributed by atoms with Crippen molar-refractivity contribution in [2.75, 3.05) is 7.11 Å². The van der Waals surface area contributed by atoms with Gasteiger partial charge in [0.25, 0.3) is 5.91 Å². The quantitative estimate of drug-likeness (QED) is 0.536. The molecule has 0 spiro atoms. The summed E-state index contributed by atoms with van der Waals surface area (Å²) in [6.07, 6.45) is 6.10. The number of benzene rings is 1. The van der Waals surface area contributed by atoms with Gasteiger partial charge in [-0.15, -0.1) is 5.10 Å². The van der Waals surface area contributed by atoms with Crippen LogP contribution in [-0.4, -0.2) is 56.3 Å². The van der Waals surface area contributed by atoms with Crippen LogP contribution < -0.4 is 10.1 Å². The van der Waals surface area contributed by atoms with Gasteiger partial charge in [0.05, 0.1) is 25.2 Å². The van der Waals surface area contributed by atoms with Gasteiger partial charge in [0, 0.05) is 36.3 Å². The first-order valence-corrected chi connectivity index (χ1v) is 10.1. The van der Waals surface area contributed by atoms with Gasteiger partial charge in [-0.25, -0.2) is 4.68 Å². The summed E-state index contributed by atoms with van der Waals surface area (Å²) in [5, 5.41) is 10.5. The number of methoxy groups -OCH3 is 1. The topological polar surface area (TPSA) is 119 Å². The number of nitrogens with one attached hydrogen (secondary N) is 1. The number of hydrogen-bond acceptors (Lipinski definition) is 7. The predicted molar refractivity (Wildman–Crippen MR) is 114 cm³/mol. The van der Waals surface area contributed by atoms with Crippen LogP contribution in [-0.2, 0) is 16.1 Å². The second-order valence-corrected chi connectivity index (χ2v) is 7.51. The van der Waals surface area contributed by atoms with Gasteiger partial charge in [-0.3, -0.25) is 24.7 Å². The molecule has 0 saturated heterocycles. The zero-order chi connectivity index (χ0) is 22.7. The fourth-order valence-electron chi connectivity index (χ4n) is 3.65. The highest BCUT2D eigenvalue weighted by atomic mass is 16.5. The summed E-state index contributed by atoms with van der Waals surface area (Å²) in [5.74, 6) is 0.203. The molecule has 10 heteroatoms. The number of hydrogen-bond donors (Lipinski definition) is 1. The minimum atomic E-state index is -0.355. The molecule has 10 nitrogen and oxygen atoms in total. The van der Waals surface area contributed by atoms with Crippen molar-refractivity contribution in [1.82, 2.24) is 30.2 Å². The van der Waals surface area contributed by atoms with Crippen LogP contribution in [0.25, 0.3) is 16.9 Å². The van der Waals surface area contributed by atoms with E-state index in [2.05, 4.69) is 20.6 Å². The third-order valence-corrected chi connectivity index (χ3v) is 5.46. The number of imide groups is 1.